The molecule has 31 heavy (non-hydrogen) atoms. The molecule has 2 amide bonds. The Hall–Kier alpha value is -2.45. The normalized spacial score (nSPS) is 21.3. The third kappa shape index (κ3) is 4.19. The lowest BCUT2D eigenvalue weighted by atomic mass is 9.81. The molecule has 0 unspecified atom stereocenters. The fraction of sp³-hybridized carbons (Fsp3) is 0.364. The first-order valence-corrected chi connectivity index (χ1v) is 12.0. The summed E-state index contributed by atoms with van der Waals surface area (Å²) in [6, 6.07) is 8.18. The number of imide groups is 1. The molecule has 1 N–H and O–H groups in total. The van der Waals surface area contributed by atoms with E-state index in [0.29, 0.717) is 11.1 Å². The Kier molecular flexibility index (Phi) is 5.79. The summed E-state index contributed by atoms with van der Waals surface area (Å²) < 4.78 is 41.6. The van der Waals surface area contributed by atoms with E-state index in [1.54, 1.807) is 19.1 Å². The Labute approximate surface area is 185 Å². The van der Waals surface area contributed by atoms with Crippen LogP contribution in [0.2, 0.25) is 5.02 Å². The van der Waals surface area contributed by atoms with Crippen molar-refractivity contribution in [2.24, 2.45) is 11.8 Å². The maximum atomic E-state index is 13.3. The lowest BCUT2D eigenvalue weighted by Gasteiger charge is -2.19. The molecule has 4 rings (SSSR count). The van der Waals surface area contributed by atoms with Crippen molar-refractivity contribution >= 4 is 39.1 Å². The minimum absolute atomic E-state index is 0.00176. The predicted octanol–water partition coefficient (Wildman–Crippen LogP) is 4.26. The number of halogens is 2. The fourth-order valence-electron chi connectivity index (χ4n) is 4.37. The van der Waals surface area contributed by atoms with Crippen LogP contribution in [0, 0.1) is 24.6 Å². The Balaban J connectivity index is 1.60. The summed E-state index contributed by atoms with van der Waals surface area (Å²) in [6.45, 7) is 1.68. The quantitative estimate of drug-likeness (QED) is 0.670. The topological polar surface area (TPSA) is 83.6 Å². The molecule has 9 heteroatoms. The minimum atomic E-state index is -4.03. The van der Waals surface area contributed by atoms with E-state index in [2.05, 4.69) is 4.72 Å². The van der Waals surface area contributed by atoms with Gasteiger partial charge in [0.2, 0.25) is 11.8 Å². The Morgan fingerprint density at radius 3 is 2.32 bits per heavy atom. The Morgan fingerprint density at radius 2 is 1.71 bits per heavy atom. The van der Waals surface area contributed by atoms with Crippen LogP contribution >= 0.6 is 11.6 Å². The van der Waals surface area contributed by atoms with E-state index in [9.17, 15) is 22.4 Å². The monoisotopic (exact) mass is 464 g/mol. The zero-order valence-electron chi connectivity index (χ0n) is 16.9. The van der Waals surface area contributed by atoms with Gasteiger partial charge in [-0.2, -0.15) is 0 Å². The van der Waals surface area contributed by atoms with Crippen LogP contribution in [0.25, 0.3) is 0 Å². The average Bonchev–Trinajstić information content (AvgIpc) is 2.96. The van der Waals surface area contributed by atoms with Gasteiger partial charge in [0.25, 0.3) is 10.0 Å². The van der Waals surface area contributed by atoms with Crippen LogP contribution in [0.4, 0.5) is 10.1 Å². The number of benzene rings is 2. The number of sulfonamides is 1. The van der Waals surface area contributed by atoms with Gasteiger partial charge in [-0.3, -0.25) is 19.2 Å². The molecule has 0 radical (unpaired) electrons. The first-order chi connectivity index (χ1) is 14.7. The number of carbonyl (C=O) groups excluding carboxylic acids is 2. The molecular formula is C22H22ClFN2O4S. The van der Waals surface area contributed by atoms with Crippen LogP contribution < -0.4 is 4.72 Å². The molecule has 2 fully saturated rings. The second kappa shape index (κ2) is 8.24. The maximum absolute atomic E-state index is 13.3. The highest BCUT2D eigenvalue weighted by Gasteiger charge is 2.47. The standard InChI is InChI=1S/C22H22ClFN2O4S/c1-13-6-7-14(12-26-21(27)16-4-2-3-5-17(16)22(26)28)10-20(13)31(29,30)25-19-9-8-15(24)11-18(19)23/h6-11,16-17,25H,2-5,12H2,1H3/t16-,17-/m1/s1. The van der Waals surface area contributed by atoms with Crippen molar-refractivity contribution in [3.05, 3.63) is 58.4 Å². The summed E-state index contributed by atoms with van der Waals surface area (Å²) in [7, 11) is -4.03. The molecule has 2 aromatic rings. The van der Waals surface area contributed by atoms with E-state index < -0.39 is 15.8 Å². The summed E-state index contributed by atoms with van der Waals surface area (Å²) in [6.07, 6.45) is 3.33. The Morgan fingerprint density at radius 1 is 1.06 bits per heavy atom. The first-order valence-electron chi connectivity index (χ1n) is 10.1. The van der Waals surface area contributed by atoms with Crippen molar-refractivity contribution in [1.29, 1.82) is 0 Å². The van der Waals surface area contributed by atoms with Crippen LogP contribution in [-0.4, -0.2) is 25.1 Å². The number of fused-ring (bicyclic) bond motifs is 1. The summed E-state index contributed by atoms with van der Waals surface area (Å²) in [5.41, 5.74) is 1.08. The van der Waals surface area contributed by atoms with Crippen molar-refractivity contribution in [2.75, 3.05) is 4.72 Å². The highest BCUT2D eigenvalue weighted by molar-refractivity contribution is 7.92. The van der Waals surface area contributed by atoms with Gasteiger partial charge >= 0.3 is 0 Å². The summed E-state index contributed by atoms with van der Waals surface area (Å²) >= 11 is 5.95. The number of hydrogen-bond acceptors (Lipinski definition) is 4. The van der Waals surface area contributed by atoms with Crippen molar-refractivity contribution < 1.29 is 22.4 Å². The average molecular weight is 465 g/mol. The van der Waals surface area contributed by atoms with Gasteiger partial charge in [-0.25, -0.2) is 12.8 Å². The van der Waals surface area contributed by atoms with Crippen LogP contribution in [0.3, 0.4) is 0 Å². The van der Waals surface area contributed by atoms with Gasteiger partial charge < -0.3 is 0 Å². The summed E-state index contributed by atoms with van der Waals surface area (Å²) in [5, 5.41) is -0.0618. The molecule has 1 heterocycles. The van der Waals surface area contributed by atoms with E-state index in [-0.39, 0.29) is 45.8 Å². The molecule has 1 saturated carbocycles. The second-order valence-electron chi connectivity index (χ2n) is 8.09. The maximum Gasteiger partial charge on any atom is 0.262 e. The summed E-state index contributed by atoms with van der Waals surface area (Å²) in [4.78, 5) is 26.7. The van der Waals surface area contributed by atoms with Crippen LogP contribution in [0.15, 0.2) is 41.3 Å². The van der Waals surface area contributed by atoms with Crippen molar-refractivity contribution in [2.45, 2.75) is 44.0 Å². The smallest absolute Gasteiger partial charge is 0.262 e. The number of likely N-dealkylation sites (tertiary alicyclic amines) is 1. The van der Waals surface area contributed by atoms with Crippen LogP contribution in [0.1, 0.15) is 36.8 Å². The molecule has 0 bridgehead atoms. The van der Waals surface area contributed by atoms with Gasteiger partial charge in [-0.1, -0.05) is 36.6 Å². The lowest BCUT2D eigenvalue weighted by Crippen LogP contribution is -2.30. The summed E-state index contributed by atoms with van der Waals surface area (Å²) in [5.74, 6) is -1.42. The molecule has 0 aromatic heterocycles. The number of hydrogen-bond donors (Lipinski definition) is 1. The van der Waals surface area contributed by atoms with Crippen molar-refractivity contribution in [3.63, 3.8) is 0 Å². The molecule has 1 aliphatic heterocycles. The number of amides is 2. The molecule has 1 saturated heterocycles. The van der Waals surface area contributed by atoms with Gasteiger partial charge in [-0.15, -0.1) is 0 Å². The van der Waals surface area contributed by atoms with E-state index in [1.165, 1.54) is 17.0 Å². The number of rotatable bonds is 5. The zero-order valence-corrected chi connectivity index (χ0v) is 18.5. The molecule has 2 aliphatic rings. The van der Waals surface area contributed by atoms with E-state index in [4.69, 9.17) is 11.6 Å². The molecule has 1 aliphatic carbocycles. The number of anilines is 1. The van der Waals surface area contributed by atoms with Gasteiger partial charge in [0.15, 0.2) is 0 Å². The number of nitrogens with zero attached hydrogens (tertiary/aromatic N) is 1. The van der Waals surface area contributed by atoms with Gasteiger partial charge in [-0.05, 0) is 55.2 Å². The zero-order chi connectivity index (χ0) is 22.3. The van der Waals surface area contributed by atoms with E-state index in [1.807, 2.05) is 0 Å². The van der Waals surface area contributed by atoms with Crippen molar-refractivity contribution in [3.8, 4) is 0 Å². The van der Waals surface area contributed by atoms with E-state index >= 15 is 0 Å². The number of aryl methyl sites for hydroxylation is 1. The fourth-order valence-corrected chi connectivity index (χ4v) is 6.02. The molecule has 0 spiro atoms. The van der Waals surface area contributed by atoms with Gasteiger partial charge in [0.1, 0.15) is 5.82 Å². The third-order valence-electron chi connectivity index (χ3n) is 5.99. The highest BCUT2D eigenvalue weighted by Crippen LogP contribution is 2.38. The largest absolute Gasteiger partial charge is 0.278 e. The molecule has 2 aromatic carbocycles. The Bertz CT molecular complexity index is 1140. The molecule has 6 nitrogen and oxygen atoms in total. The first kappa shape index (κ1) is 21.8. The molecule has 164 valence electrons. The van der Waals surface area contributed by atoms with Crippen molar-refractivity contribution in [1.82, 2.24) is 4.90 Å². The molecular weight excluding hydrogens is 443 g/mol. The predicted molar refractivity (Wildman–Crippen MR) is 114 cm³/mol. The van der Waals surface area contributed by atoms with Gasteiger partial charge in [0.05, 0.1) is 34.0 Å². The van der Waals surface area contributed by atoms with Crippen LogP contribution in [0.5, 0.6) is 0 Å². The molecule has 2 atom stereocenters. The number of nitrogens with one attached hydrogen (secondary N) is 1. The van der Waals surface area contributed by atoms with Crippen LogP contribution in [-0.2, 0) is 26.2 Å². The number of carbonyl (C=O) groups is 2. The minimum Gasteiger partial charge on any atom is -0.278 e. The van der Waals surface area contributed by atoms with E-state index in [0.717, 1.165) is 37.8 Å². The highest BCUT2D eigenvalue weighted by atomic mass is 35.5. The second-order valence-corrected chi connectivity index (χ2v) is 10.1. The third-order valence-corrected chi connectivity index (χ3v) is 7.81. The lowest BCUT2D eigenvalue weighted by molar-refractivity contribution is -0.140. The van der Waals surface area contributed by atoms with Gasteiger partial charge in [0, 0.05) is 0 Å². The SMILES string of the molecule is Cc1ccc(CN2C(=O)[C@@H]3CCCC[C@H]3C2=O)cc1S(=O)(=O)Nc1ccc(F)cc1Cl.